The highest BCUT2D eigenvalue weighted by Crippen LogP contribution is 2.28. The minimum absolute atomic E-state index is 0.356. The number of H-pyrrole nitrogens is 1. The average molecular weight is 534 g/mol. The molecule has 0 radical (unpaired) electrons. The summed E-state index contributed by atoms with van der Waals surface area (Å²) >= 11 is 6.52. The smallest absolute Gasteiger partial charge is 0.337 e. The summed E-state index contributed by atoms with van der Waals surface area (Å²) in [7, 11) is 1.39. The monoisotopic (exact) mass is 533 g/mol. The fourth-order valence-corrected chi connectivity index (χ4v) is 4.72. The number of halogens is 1. The van der Waals surface area contributed by atoms with Crippen molar-refractivity contribution in [3.05, 3.63) is 83.0 Å². The number of carbonyl (C=O) groups is 1. The quantitative estimate of drug-likeness (QED) is 0.110. The zero-order chi connectivity index (χ0) is 26.6. The van der Waals surface area contributed by atoms with E-state index in [9.17, 15) is 4.79 Å². The highest BCUT2D eigenvalue weighted by atomic mass is 35.5. The molecule has 0 unspecified atom stereocenters. The molecule has 8 heteroatoms. The minimum atomic E-state index is -0.356. The van der Waals surface area contributed by atoms with Crippen LogP contribution in [0.4, 0.5) is 5.69 Å². The Morgan fingerprint density at radius 2 is 1.66 bits per heavy atom. The molecule has 4 N–H and O–H groups in total. The first-order chi connectivity index (χ1) is 18.7. The van der Waals surface area contributed by atoms with Gasteiger partial charge in [-0.2, -0.15) is 5.10 Å². The van der Waals surface area contributed by atoms with Gasteiger partial charge in [-0.05, 0) is 74.6 Å². The molecule has 0 atom stereocenters. The zero-order valence-electron chi connectivity index (χ0n) is 21.9. The number of hydrogen-bond acceptors (Lipinski definition) is 6. The van der Waals surface area contributed by atoms with Gasteiger partial charge in [0, 0.05) is 34.7 Å². The number of aromatic nitrogens is 2. The molecule has 0 amide bonds. The SMILES string of the molecule is COC(=O)c1cc(NCCCCNCCCCNCc2ccc(-c3ccccc3)c(Cl)c2)c2cn[nH]c2c1. The van der Waals surface area contributed by atoms with Crippen molar-refractivity contribution < 1.29 is 9.53 Å². The van der Waals surface area contributed by atoms with E-state index < -0.39 is 0 Å². The number of methoxy groups -OCH3 is 1. The van der Waals surface area contributed by atoms with E-state index in [1.54, 1.807) is 12.3 Å². The maximum absolute atomic E-state index is 11.9. The number of nitrogens with one attached hydrogen (secondary N) is 4. The molecule has 0 saturated heterocycles. The molecule has 0 aliphatic rings. The fraction of sp³-hybridized carbons (Fsp3) is 0.333. The molecule has 4 aromatic rings. The Balaban J connectivity index is 1.04. The van der Waals surface area contributed by atoms with E-state index in [1.165, 1.54) is 12.7 Å². The first-order valence-corrected chi connectivity index (χ1v) is 13.6. The number of rotatable bonds is 15. The fourth-order valence-electron chi connectivity index (χ4n) is 4.41. The van der Waals surface area contributed by atoms with E-state index in [1.807, 2.05) is 24.3 Å². The second-order valence-corrected chi connectivity index (χ2v) is 9.70. The molecule has 0 aliphatic heterocycles. The predicted molar refractivity (Wildman–Crippen MR) is 156 cm³/mol. The summed E-state index contributed by atoms with van der Waals surface area (Å²) in [5.41, 5.74) is 5.63. The Hall–Kier alpha value is -3.39. The number of unbranched alkanes of at least 4 members (excludes halogenated alkanes) is 2. The molecule has 3 aromatic carbocycles. The van der Waals surface area contributed by atoms with Gasteiger partial charge in [0.05, 0.1) is 24.4 Å². The van der Waals surface area contributed by atoms with Crippen molar-refractivity contribution in [1.29, 1.82) is 0 Å². The lowest BCUT2D eigenvalue weighted by Gasteiger charge is -2.10. The highest BCUT2D eigenvalue weighted by molar-refractivity contribution is 6.33. The van der Waals surface area contributed by atoms with Gasteiger partial charge in [-0.3, -0.25) is 5.10 Å². The Morgan fingerprint density at radius 1 is 0.921 bits per heavy atom. The second-order valence-electron chi connectivity index (χ2n) is 9.29. The van der Waals surface area contributed by atoms with Crippen LogP contribution in [0.3, 0.4) is 0 Å². The number of aromatic amines is 1. The molecular formula is C30H36ClN5O2. The van der Waals surface area contributed by atoms with Gasteiger partial charge in [0.2, 0.25) is 0 Å². The van der Waals surface area contributed by atoms with Crippen molar-refractivity contribution in [3.63, 3.8) is 0 Å². The van der Waals surface area contributed by atoms with Gasteiger partial charge in [0.1, 0.15) is 0 Å². The minimum Gasteiger partial charge on any atom is -0.465 e. The van der Waals surface area contributed by atoms with Crippen molar-refractivity contribution in [3.8, 4) is 11.1 Å². The molecule has 7 nitrogen and oxygen atoms in total. The summed E-state index contributed by atoms with van der Waals surface area (Å²) < 4.78 is 4.85. The standard InChI is InChI=1S/C30H36ClN5O2/c1-38-30(37)24-18-28(26-21-35-36-29(26)19-24)34-16-8-7-14-32-13-5-6-15-33-20-22-11-12-25(27(31)17-22)23-9-3-2-4-10-23/h2-4,9-12,17-19,21,32-34H,5-8,13-16,20H2,1H3,(H,35,36). The van der Waals surface area contributed by atoms with E-state index in [0.717, 1.165) is 91.1 Å². The van der Waals surface area contributed by atoms with Crippen LogP contribution in [-0.2, 0) is 11.3 Å². The summed E-state index contributed by atoms with van der Waals surface area (Å²) in [6.45, 7) is 4.64. The van der Waals surface area contributed by atoms with E-state index in [2.05, 4.69) is 56.5 Å². The number of benzene rings is 3. The van der Waals surface area contributed by atoms with Gasteiger partial charge >= 0.3 is 5.97 Å². The third kappa shape index (κ3) is 7.81. The van der Waals surface area contributed by atoms with Crippen LogP contribution in [0, 0.1) is 0 Å². The molecule has 0 bridgehead atoms. The van der Waals surface area contributed by atoms with Crippen LogP contribution in [0.25, 0.3) is 22.0 Å². The lowest BCUT2D eigenvalue weighted by molar-refractivity contribution is 0.0601. The van der Waals surface area contributed by atoms with Gasteiger partial charge in [0.15, 0.2) is 0 Å². The molecule has 4 rings (SSSR count). The number of fused-ring (bicyclic) bond motifs is 1. The predicted octanol–water partition coefficient (Wildman–Crippen LogP) is 6.02. The van der Waals surface area contributed by atoms with Gasteiger partial charge in [-0.25, -0.2) is 4.79 Å². The van der Waals surface area contributed by atoms with Gasteiger partial charge < -0.3 is 20.7 Å². The first-order valence-electron chi connectivity index (χ1n) is 13.2. The number of ether oxygens (including phenoxy) is 1. The first kappa shape index (κ1) is 27.6. The Bertz CT molecular complexity index is 1310. The van der Waals surface area contributed by atoms with E-state index in [0.29, 0.717) is 5.56 Å². The third-order valence-electron chi connectivity index (χ3n) is 6.48. The summed E-state index contributed by atoms with van der Waals surface area (Å²) in [6, 6.07) is 20.1. The molecule has 200 valence electrons. The van der Waals surface area contributed by atoms with E-state index >= 15 is 0 Å². The third-order valence-corrected chi connectivity index (χ3v) is 6.79. The number of anilines is 1. The maximum atomic E-state index is 11.9. The van der Waals surface area contributed by atoms with Gasteiger partial charge in [-0.1, -0.05) is 54.1 Å². The maximum Gasteiger partial charge on any atom is 0.337 e. The number of carbonyl (C=O) groups excluding carboxylic acids is 1. The average Bonchev–Trinajstić information content (AvgIpc) is 3.42. The van der Waals surface area contributed by atoms with Crippen LogP contribution < -0.4 is 16.0 Å². The Kier molecular flexibility index (Phi) is 10.6. The molecule has 0 spiro atoms. The molecule has 1 aromatic heterocycles. The largest absolute Gasteiger partial charge is 0.465 e. The lowest BCUT2D eigenvalue weighted by atomic mass is 10.0. The van der Waals surface area contributed by atoms with E-state index in [4.69, 9.17) is 16.3 Å². The number of esters is 1. The second kappa shape index (κ2) is 14.5. The number of hydrogen-bond donors (Lipinski definition) is 4. The van der Waals surface area contributed by atoms with Crippen LogP contribution in [0.1, 0.15) is 41.6 Å². The van der Waals surface area contributed by atoms with Crippen LogP contribution in [-0.4, -0.2) is 49.5 Å². The lowest BCUT2D eigenvalue weighted by Crippen LogP contribution is -2.20. The molecule has 38 heavy (non-hydrogen) atoms. The molecule has 0 fully saturated rings. The Labute approximate surface area is 229 Å². The van der Waals surface area contributed by atoms with Gasteiger partial charge in [-0.15, -0.1) is 0 Å². The van der Waals surface area contributed by atoms with Crippen LogP contribution in [0.2, 0.25) is 5.02 Å². The summed E-state index contributed by atoms with van der Waals surface area (Å²) in [4.78, 5) is 11.9. The topological polar surface area (TPSA) is 91.1 Å². The van der Waals surface area contributed by atoms with Crippen molar-refractivity contribution in [2.45, 2.75) is 32.2 Å². The normalized spacial score (nSPS) is 11.1. The Morgan fingerprint density at radius 3 is 2.39 bits per heavy atom. The molecule has 0 aliphatic carbocycles. The summed E-state index contributed by atoms with van der Waals surface area (Å²) in [5.74, 6) is -0.356. The van der Waals surface area contributed by atoms with Gasteiger partial charge in [0.25, 0.3) is 0 Å². The number of nitrogens with zero attached hydrogens (tertiary/aromatic N) is 1. The van der Waals surface area contributed by atoms with Crippen molar-refractivity contribution in [2.24, 2.45) is 0 Å². The van der Waals surface area contributed by atoms with Crippen molar-refractivity contribution in [2.75, 3.05) is 38.6 Å². The molecular weight excluding hydrogens is 498 g/mol. The summed E-state index contributed by atoms with van der Waals surface area (Å²) in [6.07, 6.45) is 6.14. The summed E-state index contributed by atoms with van der Waals surface area (Å²) in [5, 5.41) is 19.3. The van der Waals surface area contributed by atoms with Crippen LogP contribution in [0.15, 0.2) is 66.9 Å². The van der Waals surface area contributed by atoms with Crippen molar-refractivity contribution in [1.82, 2.24) is 20.8 Å². The van der Waals surface area contributed by atoms with Crippen LogP contribution in [0.5, 0.6) is 0 Å². The zero-order valence-corrected chi connectivity index (χ0v) is 22.6. The van der Waals surface area contributed by atoms with E-state index in [-0.39, 0.29) is 5.97 Å². The molecule has 1 heterocycles. The molecule has 0 saturated carbocycles. The van der Waals surface area contributed by atoms with Crippen molar-refractivity contribution >= 4 is 34.2 Å². The highest BCUT2D eigenvalue weighted by Gasteiger charge is 2.11. The van der Waals surface area contributed by atoms with Crippen LogP contribution >= 0.6 is 11.6 Å².